The quantitative estimate of drug-likeness (QED) is 0.836. The molecule has 112 valence electrons. The monoisotopic (exact) mass is 288 g/mol. The lowest BCUT2D eigenvalue weighted by Gasteiger charge is -2.36. The predicted molar refractivity (Wildman–Crippen MR) is 79.3 cm³/mol. The third-order valence-corrected chi connectivity index (χ3v) is 4.03. The number of fused-ring (bicyclic) bond motifs is 1. The molecule has 1 saturated heterocycles. The normalized spacial score (nSPS) is 16.0. The van der Waals surface area contributed by atoms with Crippen LogP contribution in [0.5, 0.6) is 0 Å². The van der Waals surface area contributed by atoms with E-state index in [4.69, 9.17) is 0 Å². The highest BCUT2D eigenvalue weighted by molar-refractivity contribution is 5.85. The molecule has 0 atom stereocenters. The number of anilines is 1. The van der Waals surface area contributed by atoms with Gasteiger partial charge in [-0.2, -0.15) is 9.61 Å². The maximum absolute atomic E-state index is 12.3. The number of aromatic nitrogens is 4. The molecule has 1 amide bonds. The van der Waals surface area contributed by atoms with Crippen molar-refractivity contribution in [3.8, 4) is 0 Å². The summed E-state index contributed by atoms with van der Waals surface area (Å²) in [6.45, 7) is 8.89. The van der Waals surface area contributed by atoms with E-state index in [-0.39, 0.29) is 5.91 Å². The van der Waals surface area contributed by atoms with Crippen molar-refractivity contribution in [1.29, 1.82) is 0 Å². The molecule has 0 spiro atoms. The molecule has 2 aromatic heterocycles. The number of hydrogen-bond acceptors (Lipinski definition) is 5. The number of amides is 1. The van der Waals surface area contributed by atoms with Gasteiger partial charge in [0.1, 0.15) is 6.33 Å². The minimum absolute atomic E-state index is 0.176. The number of carbonyl (C=O) groups is 1. The van der Waals surface area contributed by atoms with E-state index in [9.17, 15) is 4.79 Å². The Morgan fingerprint density at radius 1 is 1.29 bits per heavy atom. The fraction of sp³-hybridized carbons (Fsp3) is 0.571. The minimum Gasteiger partial charge on any atom is -0.357 e. The van der Waals surface area contributed by atoms with Gasteiger partial charge in [-0.3, -0.25) is 4.79 Å². The Labute approximate surface area is 123 Å². The van der Waals surface area contributed by atoms with Crippen molar-refractivity contribution in [2.45, 2.75) is 27.2 Å². The molecule has 0 bridgehead atoms. The van der Waals surface area contributed by atoms with Crippen LogP contribution >= 0.6 is 0 Å². The highest BCUT2D eigenvalue weighted by atomic mass is 16.2. The first-order valence-corrected chi connectivity index (χ1v) is 7.31. The van der Waals surface area contributed by atoms with Crippen molar-refractivity contribution in [3.63, 3.8) is 0 Å². The highest BCUT2D eigenvalue weighted by Crippen LogP contribution is 2.27. The van der Waals surface area contributed by atoms with Crippen molar-refractivity contribution in [2.75, 3.05) is 31.1 Å². The van der Waals surface area contributed by atoms with Gasteiger partial charge in [0.2, 0.25) is 11.6 Å². The van der Waals surface area contributed by atoms with Crippen molar-refractivity contribution in [1.82, 2.24) is 24.7 Å². The molecule has 3 heterocycles. The Morgan fingerprint density at radius 3 is 2.81 bits per heavy atom. The van der Waals surface area contributed by atoms with E-state index in [1.165, 1.54) is 0 Å². The minimum atomic E-state index is 0.176. The topological polar surface area (TPSA) is 66.6 Å². The van der Waals surface area contributed by atoms with Crippen LogP contribution in [0.2, 0.25) is 0 Å². The van der Waals surface area contributed by atoms with Gasteiger partial charge in [-0.25, -0.2) is 0 Å². The molecule has 7 nitrogen and oxygen atoms in total. The first-order chi connectivity index (χ1) is 10.1. The van der Waals surface area contributed by atoms with Crippen LogP contribution in [0.25, 0.3) is 5.65 Å². The molecule has 2 aromatic rings. The average molecular weight is 288 g/mol. The van der Waals surface area contributed by atoms with E-state index >= 15 is 0 Å². The van der Waals surface area contributed by atoms with Crippen molar-refractivity contribution in [3.05, 3.63) is 17.6 Å². The number of rotatable bonds is 3. The van der Waals surface area contributed by atoms with Crippen LogP contribution in [-0.4, -0.2) is 56.8 Å². The van der Waals surface area contributed by atoms with Gasteiger partial charge in [-0.05, 0) is 25.8 Å². The second-order valence-corrected chi connectivity index (χ2v) is 5.46. The fourth-order valence-electron chi connectivity index (χ4n) is 2.82. The summed E-state index contributed by atoms with van der Waals surface area (Å²) in [6.07, 6.45) is 2.59. The van der Waals surface area contributed by atoms with Crippen molar-refractivity contribution in [2.24, 2.45) is 0 Å². The molecular formula is C14H20N6O. The summed E-state index contributed by atoms with van der Waals surface area (Å²) in [6, 6.07) is 0. The second-order valence-electron chi connectivity index (χ2n) is 5.46. The van der Waals surface area contributed by atoms with E-state index in [1.807, 2.05) is 18.7 Å². The largest absolute Gasteiger partial charge is 0.357 e. The maximum Gasteiger partial charge on any atom is 0.242 e. The number of carbonyl (C=O) groups excluding carboxylic acids is 1. The predicted octanol–water partition coefficient (Wildman–Crippen LogP) is 0.800. The van der Waals surface area contributed by atoms with Gasteiger partial charge < -0.3 is 9.80 Å². The molecule has 21 heavy (non-hydrogen) atoms. The summed E-state index contributed by atoms with van der Waals surface area (Å²) in [4.78, 5) is 16.3. The van der Waals surface area contributed by atoms with Gasteiger partial charge in [0.15, 0.2) is 0 Å². The lowest BCUT2D eigenvalue weighted by molar-refractivity contribution is -0.131. The maximum atomic E-state index is 12.3. The molecule has 7 heteroatoms. The van der Waals surface area contributed by atoms with Crippen LogP contribution in [0.1, 0.15) is 24.6 Å². The number of hydrogen-bond donors (Lipinski definition) is 0. The Bertz CT molecular complexity index is 679. The fourth-order valence-corrected chi connectivity index (χ4v) is 2.82. The van der Waals surface area contributed by atoms with E-state index in [0.717, 1.165) is 48.6 Å². The van der Waals surface area contributed by atoms with Crippen LogP contribution in [0.15, 0.2) is 6.33 Å². The van der Waals surface area contributed by atoms with E-state index in [1.54, 1.807) is 10.8 Å². The SMILES string of the molecule is CCCN1CCN(c2c(C)c(C)nn3cnnc23)CC1=O. The summed E-state index contributed by atoms with van der Waals surface area (Å²) in [5, 5.41) is 12.5. The van der Waals surface area contributed by atoms with Crippen LogP contribution < -0.4 is 4.90 Å². The third kappa shape index (κ3) is 2.32. The Kier molecular flexibility index (Phi) is 3.48. The van der Waals surface area contributed by atoms with Gasteiger partial charge >= 0.3 is 0 Å². The molecule has 1 aliphatic rings. The molecule has 3 rings (SSSR count). The average Bonchev–Trinajstić information content (AvgIpc) is 2.90. The molecule has 1 aliphatic heterocycles. The summed E-state index contributed by atoms with van der Waals surface area (Å²) in [5.74, 6) is 0.176. The Balaban J connectivity index is 1.96. The molecule has 0 unspecified atom stereocenters. The molecule has 0 saturated carbocycles. The van der Waals surface area contributed by atoms with E-state index < -0.39 is 0 Å². The Hall–Kier alpha value is -2.18. The van der Waals surface area contributed by atoms with Crippen LogP contribution in [0.4, 0.5) is 5.69 Å². The summed E-state index contributed by atoms with van der Waals surface area (Å²) < 4.78 is 1.68. The van der Waals surface area contributed by atoms with Gasteiger partial charge in [0.25, 0.3) is 0 Å². The summed E-state index contributed by atoms with van der Waals surface area (Å²) in [5.41, 5.74) is 3.69. The standard InChI is InChI=1S/C14H20N6O/c1-4-5-18-6-7-19(8-12(18)21)13-10(2)11(3)17-20-9-15-16-14(13)20/h9H,4-8H2,1-3H3. The van der Waals surface area contributed by atoms with E-state index in [2.05, 4.69) is 27.1 Å². The molecule has 0 aromatic carbocycles. The first kappa shape index (κ1) is 13.8. The molecular weight excluding hydrogens is 268 g/mol. The van der Waals surface area contributed by atoms with Gasteiger partial charge in [-0.15, -0.1) is 10.2 Å². The smallest absolute Gasteiger partial charge is 0.242 e. The van der Waals surface area contributed by atoms with Gasteiger partial charge in [0, 0.05) is 19.6 Å². The van der Waals surface area contributed by atoms with Gasteiger partial charge in [0.05, 0.1) is 17.9 Å². The molecule has 1 fully saturated rings. The van der Waals surface area contributed by atoms with Crippen molar-refractivity contribution < 1.29 is 4.79 Å². The lowest BCUT2D eigenvalue weighted by Crippen LogP contribution is -2.51. The third-order valence-electron chi connectivity index (χ3n) is 4.03. The van der Waals surface area contributed by atoms with Crippen LogP contribution in [0, 0.1) is 13.8 Å². The summed E-state index contributed by atoms with van der Waals surface area (Å²) in [7, 11) is 0. The highest BCUT2D eigenvalue weighted by Gasteiger charge is 2.27. The number of nitrogens with zero attached hydrogens (tertiary/aromatic N) is 6. The summed E-state index contributed by atoms with van der Waals surface area (Å²) >= 11 is 0. The lowest BCUT2D eigenvalue weighted by atomic mass is 10.1. The van der Waals surface area contributed by atoms with E-state index in [0.29, 0.717) is 6.54 Å². The van der Waals surface area contributed by atoms with Crippen LogP contribution in [0.3, 0.4) is 0 Å². The first-order valence-electron chi connectivity index (χ1n) is 7.31. The van der Waals surface area contributed by atoms with Crippen LogP contribution in [-0.2, 0) is 4.79 Å². The second kappa shape index (κ2) is 5.31. The molecule has 0 radical (unpaired) electrons. The zero-order chi connectivity index (χ0) is 15.0. The molecule has 0 aliphatic carbocycles. The number of piperazine rings is 1. The molecule has 0 N–H and O–H groups in total. The number of aryl methyl sites for hydroxylation is 1. The van der Waals surface area contributed by atoms with Crippen molar-refractivity contribution >= 4 is 17.2 Å². The Morgan fingerprint density at radius 2 is 2.10 bits per heavy atom. The zero-order valence-electron chi connectivity index (χ0n) is 12.7. The zero-order valence-corrected chi connectivity index (χ0v) is 12.7. The van der Waals surface area contributed by atoms with Gasteiger partial charge in [-0.1, -0.05) is 6.92 Å².